The third kappa shape index (κ3) is 3.33. The summed E-state index contributed by atoms with van der Waals surface area (Å²) in [6.45, 7) is 4.92. The van der Waals surface area contributed by atoms with E-state index in [-0.39, 0.29) is 0 Å². The molecule has 1 rings (SSSR count). The summed E-state index contributed by atoms with van der Waals surface area (Å²) in [6.07, 6.45) is 1.31. The Morgan fingerprint density at radius 2 is 1.22 bits per heavy atom. The molecular formula is C5H10I2N2. The molecule has 4 heteroatoms. The van der Waals surface area contributed by atoms with Gasteiger partial charge in [0.15, 0.2) is 0 Å². The Morgan fingerprint density at radius 3 is 1.67 bits per heavy atom. The molecule has 0 aromatic carbocycles. The number of hydrogen-bond donors (Lipinski definition) is 0. The molecule has 9 heavy (non-hydrogen) atoms. The second-order valence-electron chi connectivity index (χ2n) is 2.17. The first-order valence-electron chi connectivity index (χ1n) is 3.10. The zero-order chi connectivity index (χ0) is 6.69. The van der Waals surface area contributed by atoms with Crippen molar-refractivity contribution in [3.8, 4) is 0 Å². The quantitative estimate of drug-likeness (QED) is 0.484. The van der Waals surface area contributed by atoms with E-state index in [1.54, 1.807) is 0 Å². The zero-order valence-electron chi connectivity index (χ0n) is 5.19. The van der Waals surface area contributed by atoms with Crippen LogP contribution in [0, 0.1) is 0 Å². The van der Waals surface area contributed by atoms with Gasteiger partial charge in [0.05, 0.1) is 0 Å². The molecule has 1 aliphatic rings. The van der Waals surface area contributed by atoms with E-state index in [4.69, 9.17) is 0 Å². The highest BCUT2D eigenvalue weighted by Gasteiger charge is 2.08. The fraction of sp³-hybridized carbons (Fsp3) is 1.00. The maximum absolute atomic E-state index is 2.39. The topological polar surface area (TPSA) is 6.48 Å². The molecule has 0 unspecified atom stereocenters. The van der Waals surface area contributed by atoms with Gasteiger partial charge in [-0.15, -0.1) is 0 Å². The standard InChI is InChI=1S/C5H10I2N2/c6-8-2-1-3-9(7)5-4-8/h1-5H2. The summed E-state index contributed by atoms with van der Waals surface area (Å²) in [7, 11) is 0. The molecule has 0 N–H and O–H groups in total. The van der Waals surface area contributed by atoms with Crippen molar-refractivity contribution in [1.29, 1.82) is 0 Å². The van der Waals surface area contributed by atoms with Crippen molar-refractivity contribution in [2.45, 2.75) is 6.42 Å². The summed E-state index contributed by atoms with van der Waals surface area (Å²) in [5.74, 6) is 0. The third-order valence-corrected chi connectivity index (χ3v) is 3.32. The molecule has 0 radical (unpaired) electrons. The second kappa shape index (κ2) is 4.30. The van der Waals surface area contributed by atoms with Crippen molar-refractivity contribution in [2.24, 2.45) is 0 Å². The smallest absolute Gasteiger partial charge is 0.0217 e. The van der Waals surface area contributed by atoms with Crippen molar-refractivity contribution >= 4 is 45.7 Å². The predicted octanol–water partition coefficient (Wildman–Crippen LogP) is 1.69. The predicted molar refractivity (Wildman–Crippen MR) is 55.8 cm³/mol. The Labute approximate surface area is 83.9 Å². The van der Waals surface area contributed by atoms with E-state index >= 15 is 0 Å². The van der Waals surface area contributed by atoms with Crippen LogP contribution in [0.1, 0.15) is 6.42 Å². The van der Waals surface area contributed by atoms with Gasteiger partial charge in [-0.1, -0.05) is 0 Å². The monoisotopic (exact) mass is 352 g/mol. The zero-order valence-corrected chi connectivity index (χ0v) is 9.50. The van der Waals surface area contributed by atoms with Gasteiger partial charge >= 0.3 is 0 Å². The SMILES string of the molecule is IN1CCCN(I)CC1. The van der Waals surface area contributed by atoms with Crippen LogP contribution in [0.4, 0.5) is 0 Å². The minimum Gasteiger partial charge on any atom is -0.246 e. The van der Waals surface area contributed by atoms with E-state index in [1.807, 2.05) is 0 Å². The molecule has 1 fully saturated rings. The van der Waals surface area contributed by atoms with E-state index in [0.29, 0.717) is 0 Å². The van der Waals surface area contributed by atoms with Gasteiger partial charge in [0.2, 0.25) is 0 Å². The fourth-order valence-corrected chi connectivity index (χ4v) is 1.97. The molecular weight excluding hydrogens is 342 g/mol. The highest BCUT2D eigenvalue weighted by molar-refractivity contribution is 14.1. The van der Waals surface area contributed by atoms with E-state index in [1.165, 1.54) is 32.6 Å². The number of halogens is 2. The lowest BCUT2D eigenvalue weighted by molar-refractivity contribution is 0.513. The van der Waals surface area contributed by atoms with E-state index in [2.05, 4.69) is 52.0 Å². The summed E-state index contributed by atoms with van der Waals surface area (Å²) in [5.41, 5.74) is 0. The highest BCUT2D eigenvalue weighted by Crippen LogP contribution is 2.09. The summed E-state index contributed by atoms with van der Waals surface area (Å²) < 4.78 is 4.72. The molecule has 54 valence electrons. The molecule has 0 aliphatic carbocycles. The first kappa shape index (κ1) is 8.48. The fourth-order valence-electron chi connectivity index (χ4n) is 0.854. The minimum absolute atomic E-state index is 1.21. The molecule has 0 bridgehead atoms. The van der Waals surface area contributed by atoms with Crippen LogP contribution in [0.5, 0.6) is 0 Å². The van der Waals surface area contributed by atoms with Gasteiger partial charge in [-0.25, -0.2) is 6.23 Å². The van der Waals surface area contributed by atoms with E-state index in [9.17, 15) is 0 Å². The van der Waals surface area contributed by atoms with E-state index in [0.717, 1.165) is 0 Å². The molecule has 0 aromatic heterocycles. The van der Waals surface area contributed by atoms with Crippen LogP contribution in [0.2, 0.25) is 0 Å². The highest BCUT2D eigenvalue weighted by atomic mass is 127. The Kier molecular flexibility index (Phi) is 4.05. The summed E-state index contributed by atoms with van der Waals surface area (Å²) in [6, 6.07) is 0. The normalized spacial score (nSPS) is 26.0. The number of rotatable bonds is 0. The van der Waals surface area contributed by atoms with Crippen LogP contribution < -0.4 is 0 Å². The maximum atomic E-state index is 2.39. The van der Waals surface area contributed by atoms with Gasteiger partial charge in [0.1, 0.15) is 0 Å². The van der Waals surface area contributed by atoms with Crippen LogP contribution in [-0.4, -0.2) is 32.4 Å². The lowest BCUT2D eigenvalue weighted by atomic mass is 10.4. The summed E-state index contributed by atoms with van der Waals surface area (Å²) >= 11 is 4.79. The van der Waals surface area contributed by atoms with Gasteiger partial charge < -0.3 is 0 Å². The Bertz CT molecular complexity index is 79.0. The molecule has 0 aromatic rings. The Hall–Kier alpha value is 1.38. The van der Waals surface area contributed by atoms with Gasteiger partial charge in [-0.3, -0.25) is 0 Å². The van der Waals surface area contributed by atoms with Crippen molar-refractivity contribution in [1.82, 2.24) is 6.23 Å². The largest absolute Gasteiger partial charge is 0.246 e. The van der Waals surface area contributed by atoms with Crippen molar-refractivity contribution in [2.75, 3.05) is 26.2 Å². The van der Waals surface area contributed by atoms with Crippen LogP contribution in [0.15, 0.2) is 0 Å². The molecule has 0 amide bonds. The second-order valence-corrected chi connectivity index (χ2v) is 4.90. The van der Waals surface area contributed by atoms with Gasteiger partial charge in [0.25, 0.3) is 0 Å². The van der Waals surface area contributed by atoms with Crippen molar-refractivity contribution in [3.63, 3.8) is 0 Å². The Morgan fingerprint density at radius 1 is 0.778 bits per heavy atom. The van der Waals surface area contributed by atoms with Gasteiger partial charge in [-0.05, 0) is 6.42 Å². The molecule has 1 heterocycles. The lowest BCUT2D eigenvalue weighted by Gasteiger charge is -2.09. The first-order valence-corrected chi connectivity index (χ1v) is 5.03. The Balaban J connectivity index is 2.25. The molecule has 1 saturated heterocycles. The van der Waals surface area contributed by atoms with Gasteiger partial charge in [-0.2, -0.15) is 0 Å². The molecule has 2 nitrogen and oxygen atoms in total. The van der Waals surface area contributed by atoms with Crippen LogP contribution >= 0.6 is 45.7 Å². The average Bonchev–Trinajstić information content (AvgIpc) is 1.97. The van der Waals surface area contributed by atoms with Crippen LogP contribution in [0.25, 0.3) is 0 Å². The minimum atomic E-state index is 1.21. The summed E-state index contributed by atoms with van der Waals surface area (Å²) in [5, 5.41) is 0. The first-order chi connectivity index (χ1) is 4.29. The molecule has 0 saturated carbocycles. The van der Waals surface area contributed by atoms with Gasteiger partial charge in [0, 0.05) is 71.9 Å². The molecule has 0 atom stereocenters. The van der Waals surface area contributed by atoms with Crippen LogP contribution in [-0.2, 0) is 0 Å². The van der Waals surface area contributed by atoms with Crippen LogP contribution in [0.3, 0.4) is 0 Å². The maximum Gasteiger partial charge on any atom is 0.0217 e. The average molecular weight is 352 g/mol. The molecule has 0 spiro atoms. The van der Waals surface area contributed by atoms with E-state index < -0.39 is 0 Å². The number of nitrogens with zero attached hydrogens (tertiary/aromatic N) is 2. The van der Waals surface area contributed by atoms with Crippen molar-refractivity contribution < 1.29 is 0 Å². The lowest BCUT2D eigenvalue weighted by Crippen LogP contribution is -2.18. The molecule has 1 aliphatic heterocycles. The summed E-state index contributed by atoms with van der Waals surface area (Å²) in [4.78, 5) is 0. The third-order valence-electron chi connectivity index (χ3n) is 1.39. The van der Waals surface area contributed by atoms with Crippen molar-refractivity contribution in [3.05, 3.63) is 0 Å². The number of hydrogen-bond acceptors (Lipinski definition) is 2.